The van der Waals surface area contributed by atoms with Gasteiger partial charge >= 0.3 is 12.1 Å². The van der Waals surface area contributed by atoms with Crippen LogP contribution in [0.4, 0.5) is 4.79 Å². The summed E-state index contributed by atoms with van der Waals surface area (Å²) in [6.45, 7) is 7.09. The van der Waals surface area contributed by atoms with Crippen molar-refractivity contribution in [2.24, 2.45) is 0 Å². The van der Waals surface area contributed by atoms with Crippen LogP contribution >= 0.6 is 0 Å². The maximum absolute atomic E-state index is 11.6. The topological polar surface area (TPSA) is 84.9 Å². The largest absolute Gasteiger partial charge is 0.467 e. The number of esters is 1. The summed E-state index contributed by atoms with van der Waals surface area (Å²) >= 11 is 0. The lowest BCUT2D eigenvalue weighted by Crippen LogP contribution is -2.48. The summed E-state index contributed by atoms with van der Waals surface area (Å²) in [4.78, 5) is 22.8. The minimum atomic E-state index is -1.39. The van der Waals surface area contributed by atoms with E-state index in [2.05, 4.69) is 10.1 Å². The summed E-state index contributed by atoms with van der Waals surface area (Å²) in [7, 11) is 1.18. The van der Waals surface area contributed by atoms with Crippen molar-refractivity contribution in [3.05, 3.63) is 0 Å². The molecule has 0 rings (SSSR count). The van der Waals surface area contributed by atoms with Crippen LogP contribution in [0, 0.1) is 0 Å². The van der Waals surface area contributed by atoms with E-state index < -0.39 is 29.8 Å². The van der Waals surface area contributed by atoms with Gasteiger partial charge in [-0.15, -0.1) is 0 Å². The number of amides is 1. The fourth-order valence-corrected chi connectivity index (χ4v) is 1.36. The van der Waals surface area contributed by atoms with Crippen LogP contribution < -0.4 is 5.32 Å². The van der Waals surface area contributed by atoms with E-state index in [4.69, 9.17) is 4.74 Å². The molecule has 0 heterocycles. The Bertz CT molecular complexity index is 285. The Morgan fingerprint density at radius 2 is 1.89 bits per heavy atom. The minimum absolute atomic E-state index is 0.454. The molecule has 18 heavy (non-hydrogen) atoms. The van der Waals surface area contributed by atoms with Crippen molar-refractivity contribution < 1.29 is 24.2 Å². The molecule has 0 fully saturated rings. The molecule has 0 saturated heterocycles. The SMILES string of the molecule is CCCC(NC(=O)OC(C)(C)C)C(O)C(=O)OC. The van der Waals surface area contributed by atoms with Crippen molar-refractivity contribution in [2.45, 2.75) is 58.3 Å². The van der Waals surface area contributed by atoms with Crippen LogP contribution in [0.3, 0.4) is 0 Å². The van der Waals surface area contributed by atoms with Crippen molar-refractivity contribution in [3.63, 3.8) is 0 Å². The highest BCUT2D eigenvalue weighted by molar-refractivity contribution is 5.76. The first-order valence-electron chi connectivity index (χ1n) is 5.96. The fourth-order valence-electron chi connectivity index (χ4n) is 1.36. The summed E-state index contributed by atoms with van der Waals surface area (Å²) < 4.78 is 9.51. The minimum Gasteiger partial charge on any atom is -0.467 e. The van der Waals surface area contributed by atoms with Gasteiger partial charge in [-0.25, -0.2) is 9.59 Å². The van der Waals surface area contributed by atoms with E-state index in [1.807, 2.05) is 6.92 Å². The van der Waals surface area contributed by atoms with Crippen LogP contribution in [0.5, 0.6) is 0 Å². The number of carbonyl (C=O) groups excluding carboxylic acids is 2. The third-order valence-electron chi connectivity index (χ3n) is 2.13. The maximum atomic E-state index is 11.6. The van der Waals surface area contributed by atoms with E-state index in [1.54, 1.807) is 20.8 Å². The van der Waals surface area contributed by atoms with Gasteiger partial charge in [0.05, 0.1) is 13.2 Å². The highest BCUT2D eigenvalue weighted by Crippen LogP contribution is 2.09. The molecule has 0 radical (unpaired) electrons. The molecule has 0 aromatic carbocycles. The second-order valence-corrected chi connectivity index (χ2v) is 5.01. The molecule has 0 saturated carbocycles. The van der Waals surface area contributed by atoms with Gasteiger partial charge in [0.15, 0.2) is 6.10 Å². The fraction of sp³-hybridized carbons (Fsp3) is 0.833. The molecule has 0 aliphatic carbocycles. The van der Waals surface area contributed by atoms with E-state index in [9.17, 15) is 14.7 Å². The van der Waals surface area contributed by atoms with E-state index in [1.165, 1.54) is 7.11 Å². The van der Waals surface area contributed by atoms with Crippen LogP contribution in [0.2, 0.25) is 0 Å². The summed E-state index contributed by atoms with van der Waals surface area (Å²) in [5.41, 5.74) is -0.628. The van der Waals surface area contributed by atoms with Gasteiger partial charge in [0, 0.05) is 0 Å². The summed E-state index contributed by atoms with van der Waals surface area (Å²) in [5.74, 6) is -0.774. The van der Waals surface area contributed by atoms with Gasteiger partial charge in [0.25, 0.3) is 0 Å². The molecule has 106 valence electrons. The molecule has 2 N–H and O–H groups in total. The van der Waals surface area contributed by atoms with Crippen molar-refractivity contribution in [2.75, 3.05) is 7.11 Å². The first kappa shape index (κ1) is 16.7. The zero-order valence-electron chi connectivity index (χ0n) is 11.6. The van der Waals surface area contributed by atoms with Gasteiger partial charge in [0.2, 0.25) is 0 Å². The first-order valence-corrected chi connectivity index (χ1v) is 5.96. The number of carbonyl (C=O) groups is 2. The van der Waals surface area contributed by atoms with Crippen molar-refractivity contribution in [3.8, 4) is 0 Å². The second-order valence-electron chi connectivity index (χ2n) is 5.01. The highest BCUT2D eigenvalue weighted by Gasteiger charge is 2.29. The van der Waals surface area contributed by atoms with E-state index in [0.29, 0.717) is 12.8 Å². The van der Waals surface area contributed by atoms with E-state index in [0.717, 1.165) is 0 Å². The van der Waals surface area contributed by atoms with Gasteiger partial charge in [-0.2, -0.15) is 0 Å². The monoisotopic (exact) mass is 261 g/mol. The molecule has 6 nitrogen and oxygen atoms in total. The third-order valence-corrected chi connectivity index (χ3v) is 2.13. The molecule has 0 spiro atoms. The molecule has 2 atom stereocenters. The predicted molar refractivity (Wildman–Crippen MR) is 66.1 cm³/mol. The smallest absolute Gasteiger partial charge is 0.407 e. The van der Waals surface area contributed by atoms with Crippen LogP contribution in [-0.2, 0) is 14.3 Å². The second kappa shape index (κ2) is 7.20. The van der Waals surface area contributed by atoms with Crippen LogP contribution in [-0.4, -0.2) is 42.0 Å². The molecule has 0 aliphatic heterocycles. The molecule has 2 unspecified atom stereocenters. The van der Waals surface area contributed by atoms with Gasteiger partial charge < -0.3 is 19.9 Å². The van der Waals surface area contributed by atoms with Gasteiger partial charge in [-0.3, -0.25) is 0 Å². The average molecular weight is 261 g/mol. The standard InChI is InChI=1S/C12H23NO5/c1-6-7-8(9(14)10(15)17-5)13-11(16)18-12(2,3)4/h8-9,14H,6-7H2,1-5H3,(H,13,16). The number of methoxy groups -OCH3 is 1. The Kier molecular flexibility index (Phi) is 6.68. The molecule has 0 aromatic heterocycles. The van der Waals surface area contributed by atoms with E-state index in [-0.39, 0.29) is 0 Å². The number of nitrogens with one attached hydrogen (secondary N) is 1. The quantitative estimate of drug-likeness (QED) is 0.727. The number of alkyl carbamates (subject to hydrolysis) is 1. The Hall–Kier alpha value is -1.30. The van der Waals surface area contributed by atoms with Gasteiger partial charge in [-0.05, 0) is 27.2 Å². The Morgan fingerprint density at radius 1 is 1.33 bits per heavy atom. The number of hydrogen-bond acceptors (Lipinski definition) is 5. The maximum Gasteiger partial charge on any atom is 0.407 e. The first-order chi connectivity index (χ1) is 8.21. The lowest BCUT2D eigenvalue weighted by Gasteiger charge is -2.25. The molecular formula is C12H23NO5. The zero-order chi connectivity index (χ0) is 14.3. The Balaban J connectivity index is 4.53. The van der Waals surface area contributed by atoms with Gasteiger partial charge in [0.1, 0.15) is 5.60 Å². The molecule has 0 aliphatic rings. The lowest BCUT2D eigenvalue weighted by molar-refractivity contribution is -0.152. The molecule has 6 heteroatoms. The van der Waals surface area contributed by atoms with Crippen molar-refractivity contribution >= 4 is 12.1 Å². The van der Waals surface area contributed by atoms with Crippen LogP contribution in [0.1, 0.15) is 40.5 Å². The normalized spacial score (nSPS) is 14.6. The highest BCUT2D eigenvalue weighted by atomic mass is 16.6. The summed E-state index contributed by atoms with van der Waals surface area (Å²) in [6, 6.07) is -0.711. The van der Waals surface area contributed by atoms with Crippen LogP contribution in [0.25, 0.3) is 0 Å². The van der Waals surface area contributed by atoms with Crippen molar-refractivity contribution in [1.82, 2.24) is 5.32 Å². The Labute approximate surface area is 108 Å². The number of ether oxygens (including phenoxy) is 2. The summed E-state index contributed by atoms with van der Waals surface area (Å²) in [6.07, 6.45) is -0.893. The lowest BCUT2D eigenvalue weighted by atomic mass is 10.1. The van der Waals surface area contributed by atoms with Crippen LogP contribution in [0.15, 0.2) is 0 Å². The van der Waals surface area contributed by atoms with Gasteiger partial charge in [-0.1, -0.05) is 13.3 Å². The number of aliphatic hydroxyl groups is 1. The summed E-state index contributed by atoms with van der Waals surface area (Å²) in [5, 5.41) is 12.2. The zero-order valence-corrected chi connectivity index (χ0v) is 11.6. The Morgan fingerprint density at radius 3 is 2.28 bits per heavy atom. The molecule has 0 bridgehead atoms. The number of rotatable bonds is 5. The van der Waals surface area contributed by atoms with E-state index >= 15 is 0 Å². The molecular weight excluding hydrogens is 238 g/mol. The number of aliphatic hydroxyl groups excluding tert-OH is 1. The third kappa shape index (κ3) is 6.44. The number of hydrogen-bond donors (Lipinski definition) is 2. The van der Waals surface area contributed by atoms with Crippen molar-refractivity contribution in [1.29, 1.82) is 0 Å². The predicted octanol–water partition coefficient (Wildman–Crippen LogP) is 1.21. The molecule has 1 amide bonds. The molecule has 0 aromatic rings. The average Bonchev–Trinajstić information content (AvgIpc) is 2.23.